The van der Waals surface area contributed by atoms with Gasteiger partial charge in [0.05, 0.1) is 23.4 Å². The second-order valence-corrected chi connectivity index (χ2v) is 7.50. The van der Waals surface area contributed by atoms with Crippen molar-refractivity contribution in [3.63, 3.8) is 0 Å². The number of aromatic nitrogens is 2. The molecule has 0 radical (unpaired) electrons. The Morgan fingerprint density at radius 3 is 2.75 bits per heavy atom. The third kappa shape index (κ3) is 4.09. The molecule has 1 aromatic heterocycles. The van der Waals surface area contributed by atoms with E-state index in [1.54, 1.807) is 0 Å². The lowest BCUT2D eigenvalue weighted by atomic mass is 10.0. The Balaban J connectivity index is 1.49. The van der Waals surface area contributed by atoms with E-state index in [1.165, 1.54) is 0 Å². The molecule has 0 saturated carbocycles. The largest absolute Gasteiger partial charge is 0.381 e. The van der Waals surface area contributed by atoms with E-state index in [-0.39, 0.29) is 11.9 Å². The van der Waals surface area contributed by atoms with E-state index < -0.39 is 0 Å². The zero-order valence-electron chi connectivity index (χ0n) is 16.3. The summed E-state index contributed by atoms with van der Waals surface area (Å²) in [5.41, 5.74) is 3.73. The first kappa shape index (κ1) is 18.7. The minimum absolute atomic E-state index is 0.00970. The number of hydrogen-bond acceptors (Lipinski definition) is 3. The average Bonchev–Trinajstić information content (AvgIpc) is 3.15. The molecular weight excluding hydrogens is 350 g/mol. The lowest BCUT2D eigenvalue weighted by Crippen LogP contribution is -2.28. The van der Waals surface area contributed by atoms with E-state index >= 15 is 0 Å². The van der Waals surface area contributed by atoms with Crippen LogP contribution in [0, 0.1) is 5.92 Å². The Hall–Kier alpha value is -2.66. The molecule has 1 aliphatic heterocycles. The quantitative estimate of drug-likeness (QED) is 0.695. The predicted octanol–water partition coefficient (Wildman–Crippen LogP) is 4.34. The first-order chi connectivity index (χ1) is 13.7. The fraction of sp³-hybridized carbons (Fsp3) is 0.391. The van der Waals surface area contributed by atoms with Crippen LogP contribution < -0.4 is 5.32 Å². The van der Waals surface area contributed by atoms with Gasteiger partial charge in [-0.1, -0.05) is 37.3 Å². The number of carbonyl (C=O) groups is 1. The van der Waals surface area contributed by atoms with Crippen molar-refractivity contribution in [1.82, 2.24) is 14.9 Å². The average molecular weight is 377 g/mol. The van der Waals surface area contributed by atoms with Crippen molar-refractivity contribution in [2.45, 2.75) is 38.8 Å². The van der Waals surface area contributed by atoms with Crippen LogP contribution in [-0.4, -0.2) is 28.7 Å². The molecule has 0 bridgehead atoms. The minimum atomic E-state index is -0.0587. The number of nitrogens with one attached hydrogen (secondary N) is 1. The van der Waals surface area contributed by atoms with Gasteiger partial charge in [-0.15, -0.1) is 0 Å². The summed E-state index contributed by atoms with van der Waals surface area (Å²) < 4.78 is 7.65. The Labute approximate surface area is 165 Å². The van der Waals surface area contributed by atoms with Crippen LogP contribution in [0.2, 0.25) is 0 Å². The van der Waals surface area contributed by atoms with Crippen LogP contribution in [-0.2, 0) is 11.3 Å². The zero-order chi connectivity index (χ0) is 19.3. The van der Waals surface area contributed by atoms with Crippen LogP contribution in [0.15, 0.2) is 54.9 Å². The van der Waals surface area contributed by atoms with Crippen LogP contribution >= 0.6 is 0 Å². The second-order valence-electron chi connectivity index (χ2n) is 7.50. The molecule has 1 atom stereocenters. The molecule has 28 heavy (non-hydrogen) atoms. The van der Waals surface area contributed by atoms with Gasteiger partial charge < -0.3 is 14.6 Å². The molecule has 0 spiro atoms. The number of ether oxygens (including phenoxy) is 1. The highest BCUT2D eigenvalue weighted by molar-refractivity contribution is 5.97. The topological polar surface area (TPSA) is 56.2 Å². The molecule has 0 unspecified atom stereocenters. The van der Waals surface area contributed by atoms with Gasteiger partial charge in [0.2, 0.25) is 0 Å². The first-order valence-corrected chi connectivity index (χ1v) is 10.1. The lowest BCUT2D eigenvalue weighted by Gasteiger charge is -2.22. The van der Waals surface area contributed by atoms with Gasteiger partial charge in [0, 0.05) is 25.3 Å². The third-order valence-electron chi connectivity index (χ3n) is 5.59. The number of fused-ring (bicyclic) bond motifs is 1. The van der Waals surface area contributed by atoms with E-state index in [0.717, 1.165) is 55.6 Å². The number of hydrogen-bond donors (Lipinski definition) is 1. The number of imidazole rings is 1. The maximum absolute atomic E-state index is 12.8. The summed E-state index contributed by atoms with van der Waals surface area (Å²) in [6.45, 7) is 4.74. The molecule has 1 saturated heterocycles. The maximum Gasteiger partial charge on any atom is 0.251 e. The molecule has 1 fully saturated rings. The van der Waals surface area contributed by atoms with Gasteiger partial charge in [0.1, 0.15) is 0 Å². The van der Waals surface area contributed by atoms with Gasteiger partial charge in [0.25, 0.3) is 5.91 Å². The van der Waals surface area contributed by atoms with E-state index in [0.29, 0.717) is 11.5 Å². The number of amides is 1. The third-order valence-corrected chi connectivity index (χ3v) is 5.59. The normalized spacial score (nSPS) is 16.2. The van der Waals surface area contributed by atoms with Gasteiger partial charge in [-0.25, -0.2) is 4.98 Å². The van der Waals surface area contributed by atoms with E-state index in [2.05, 4.69) is 33.9 Å². The highest BCUT2D eigenvalue weighted by Gasteiger charge is 2.17. The van der Waals surface area contributed by atoms with Crippen LogP contribution in [0.5, 0.6) is 0 Å². The Bertz CT molecular complexity index is 929. The molecule has 146 valence electrons. The standard InChI is InChI=1S/C23H27N3O2/c1-2-20(18-6-4-3-5-7-18)25-23(27)19-8-9-22-21(14-19)24-16-26(22)15-17-10-12-28-13-11-17/h3-9,14,16-17,20H,2,10-13,15H2,1H3,(H,25,27)/t20-/m1/s1. The summed E-state index contributed by atoms with van der Waals surface area (Å²) in [6.07, 6.45) is 4.93. The van der Waals surface area contributed by atoms with Crippen molar-refractivity contribution >= 4 is 16.9 Å². The first-order valence-electron chi connectivity index (χ1n) is 10.1. The van der Waals surface area contributed by atoms with Gasteiger partial charge in [-0.3, -0.25) is 4.79 Å². The highest BCUT2D eigenvalue weighted by Crippen LogP contribution is 2.22. The molecule has 1 amide bonds. The van der Waals surface area contributed by atoms with Crippen molar-refractivity contribution in [2.75, 3.05) is 13.2 Å². The van der Waals surface area contributed by atoms with Crippen molar-refractivity contribution in [3.05, 3.63) is 66.0 Å². The second kappa shape index (κ2) is 8.57. The predicted molar refractivity (Wildman–Crippen MR) is 110 cm³/mol. The highest BCUT2D eigenvalue weighted by atomic mass is 16.5. The fourth-order valence-corrected chi connectivity index (χ4v) is 3.91. The molecular formula is C23H27N3O2. The van der Waals surface area contributed by atoms with Gasteiger partial charge in [-0.05, 0) is 48.9 Å². The monoisotopic (exact) mass is 377 g/mol. The lowest BCUT2D eigenvalue weighted by molar-refractivity contribution is 0.0616. The van der Waals surface area contributed by atoms with Gasteiger partial charge in [-0.2, -0.15) is 0 Å². The minimum Gasteiger partial charge on any atom is -0.381 e. The molecule has 0 aliphatic carbocycles. The molecule has 2 aromatic carbocycles. The summed E-state index contributed by atoms with van der Waals surface area (Å²) in [4.78, 5) is 17.3. The fourth-order valence-electron chi connectivity index (χ4n) is 3.91. The zero-order valence-corrected chi connectivity index (χ0v) is 16.3. The summed E-state index contributed by atoms with van der Waals surface area (Å²) in [5.74, 6) is 0.571. The summed E-state index contributed by atoms with van der Waals surface area (Å²) in [7, 11) is 0. The van der Waals surface area contributed by atoms with E-state index in [1.807, 2.05) is 42.7 Å². The molecule has 1 N–H and O–H groups in total. The molecule has 5 heteroatoms. The van der Waals surface area contributed by atoms with Crippen LogP contribution in [0.1, 0.15) is 48.1 Å². The molecule has 1 aliphatic rings. The van der Waals surface area contributed by atoms with Crippen LogP contribution in [0.4, 0.5) is 0 Å². The van der Waals surface area contributed by atoms with Crippen molar-refractivity contribution in [3.8, 4) is 0 Å². The number of benzene rings is 2. The molecule has 3 aromatic rings. The van der Waals surface area contributed by atoms with Crippen LogP contribution in [0.3, 0.4) is 0 Å². The van der Waals surface area contributed by atoms with Crippen molar-refractivity contribution in [1.29, 1.82) is 0 Å². The Morgan fingerprint density at radius 2 is 2.00 bits per heavy atom. The molecule has 2 heterocycles. The SMILES string of the molecule is CC[C@@H](NC(=O)c1ccc2c(c1)ncn2CC1CCOCC1)c1ccccc1. The summed E-state index contributed by atoms with van der Waals surface area (Å²) in [5, 5.41) is 3.15. The van der Waals surface area contributed by atoms with Crippen molar-refractivity contribution in [2.24, 2.45) is 5.92 Å². The van der Waals surface area contributed by atoms with Crippen molar-refractivity contribution < 1.29 is 9.53 Å². The van der Waals surface area contributed by atoms with Gasteiger partial charge >= 0.3 is 0 Å². The molecule has 5 nitrogen and oxygen atoms in total. The van der Waals surface area contributed by atoms with E-state index in [9.17, 15) is 4.79 Å². The Kier molecular flexibility index (Phi) is 5.72. The summed E-state index contributed by atoms with van der Waals surface area (Å²) in [6, 6.07) is 15.9. The smallest absolute Gasteiger partial charge is 0.251 e. The van der Waals surface area contributed by atoms with Crippen LogP contribution in [0.25, 0.3) is 11.0 Å². The number of carbonyl (C=O) groups excluding carboxylic acids is 1. The maximum atomic E-state index is 12.8. The number of rotatable bonds is 6. The van der Waals surface area contributed by atoms with Gasteiger partial charge in [0.15, 0.2) is 0 Å². The molecule has 4 rings (SSSR count). The number of nitrogens with zero attached hydrogens (tertiary/aromatic N) is 2. The van der Waals surface area contributed by atoms with E-state index in [4.69, 9.17) is 4.74 Å². The summed E-state index contributed by atoms with van der Waals surface area (Å²) >= 11 is 0. The Morgan fingerprint density at radius 1 is 1.21 bits per heavy atom.